The van der Waals surface area contributed by atoms with Crippen molar-refractivity contribution in [2.75, 3.05) is 6.61 Å². The van der Waals surface area contributed by atoms with E-state index < -0.39 is 0 Å². The maximum Gasteiger partial charge on any atom is 0.137 e. The first-order valence-corrected chi connectivity index (χ1v) is 4.56. The van der Waals surface area contributed by atoms with Crippen LogP contribution in [0.4, 0.5) is 0 Å². The molecule has 0 bridgehead atoms. The van der Waals surface area contributed by atoms with Crippen molar-refractivity contribution in [3.63, 3.8) is 0 Å². The minimum atomic E-state index is 0.276. The Morgan fingerprint density at radius 3 is 3.29 bits per heavy atom. The molecule has 4 heteroatoms. The van der Waals surface area contributed by atoms with Crippen LogP contribution in [0.2, 0.25) is 0 Å². The van der Waals surface area contributed by atoms with Crippen molar-refractivity contribution in [1.29, 1.82) is 0 Å². The van der Waals surface area contributed by atoms with Crippen LogP contribution in [0.1, 0.15) is 18.4 Å². The van der Waals surface area contributed by atoms with Crippen LogP contribution in [0.25, 0.3) is 11.0 Å². The quantitative estimate of drug-likeness (QED) is 0.723. The smallest absolute Gasteiger partial charge is 0.137 e. The van der Waals surface area contributed by atoms with E-state index in [4.69, 9.17) is 5.90 Å². The third-order valence-electron chi connectivity index (χ3n) is 2.36. The standard InChI is InChI=1S/C10H13N3O/c1-7(6-14-11)9-5-13-10-8(9)3-2-4-12-10/h2-5,7H,6,11H2,1H3,(H,12,13). The summed E-state index contributed by atoms with van der Waals surface area (Å²) >= 11 is 0. The number of aromatic nitrogens is 2. The van der Waals surface area contributed by atoms with E-state index >= 15 is 0 Å². The molecule has 0 saturated heterocycles. The van der Waals surface area contributed by atoms with Crippen molar-refractivity contribution >= 4 is 11.0 Å². The molecule has 74 valence electrons. The Balaban J connectivity index is 2.42. The molecule has 0 fully saturated rings. The first-order chi connectivity index (χ1) is 6.83. The Morgan fingerprint density at radius 1 is 1.64 bits per heavy atom. The highest BCUT2D eigenvalue weighted by Gasteiger charge is 2.10. The van der Waals surface area contributed by atoms with Gasteiger partial charge in [-0.15, -0.1) is 0 Å². The van der Waals surface area contributed by atoms with Gasteiger partial charge in [-0.25, -0.2) is 10.9 Å². The predicted octanol–water partition coefficient (Wildman–Crippen LogP) is 1.56. The van der Waals surface area contributed by atoms with Crippen LogP contribution in [0.3, 0.4) is 0 Å². The molecule has 0 radical (unpaired) electrons. The second-order valence-corrected chi connectivity index (χ2v) is 3.38. The fourth-order valence-corrected chi connectivity index (χ4v) is 1.62. The van der Waals surface area contributed by atoms with Gasteiger partial charge in [0.05, 0.1) is 6.61 Å². The molecular weight excluding hydrogens is 178 g/mol. The zero-order valence-corrected chi connectivity index (χ0v) is 8.03. The summed E-state index contributed by atoms with van der Waals surface area (Å²) in [5.74, 6) is 5.33. The van der Waals surface area contributed by atoms with Gasteiger partial charge in [0.2, 0.25) is 0 Å². The molecule has 2 rings (SSSR count). The molecule has 2 aromatic heterocycles. The number of fused-ring (bicyclic) bond motifs is 1. The molecule has 0 saturated carbocycles. The second kappa shape index (κ2) is 3.77. The van der Waals surface area contributed by atoms with E-state index in [9.17, 15) is 0 Å². The number of hydrogen-bond donors (Lipinski definition) is 2. The van der Waals surface area contributed by atoms with Gasteiger partial charge in [-0.3, -0.25) is 0 Å². The van der Waals surface area contributed by atoms with Gasteiger partial charge in [-0.2, -0.15) is 0 Å². The Morgan fingerprint density at radius 2 is 2.50 bits per heavy atom. The molecule has 1 unspecified atom stereocenters. The van der Waals surface area contributed by atoms with E-state index in [1.54, 1.807) is 6.20 Å². The molecule has 3 N–H and O–H groups in total. The van der Waals surface area contributed by atoms with Crippen LogP contribution >= 0.6 is 0 Å². The molecule has 0 aliphatic heterocycles. The topological polar surface area (TPSA) is 63.9 Å². The van der Waals surface area contributed by atoms with Crippen LogP contribution < -0.4 is 5.90 Å². The normalized spacial score (nSPS) is 13.3. The Kier molecular flexibility index (Phi) is 2.47. The summed E-state index contributed by atoms with van der Waals surface area (Å²) in [5.41, 5.74) is 2.10. The van der Waals surface area contributed by atoms with Crippen LogP contribution in [0.5, 0.6) is 0 Å². The van der Waals surface area contributed by atoms with Crippen molar-refractivity contribution in [2.45, 2.75) is 12.8 Å². The molecule has 2 heterocycles. The minimum Gasteiger partial charge on any atom is -0.346 e. The van der Waals surface area contributed by atoms with Gasteiger partial charge in [0.25, 0.3) is 0 Å². The maximum atomic E-state index is 5.05. The molecule has 1 atom stereocenters. The number of nitrogens with one attached hydrogen (secondary N) is 1. The Labute approximate surface area is 82.0 Å². The SMILES string of the molecule is CC(CON)c1c[nH]c2ncccc12. The molecule has 0 aliphatic rings. The molecule has 4 nitrogen and oxygen atoms in total. The van der Waals surface area contributed by atoms with Crippen LogP contribution in [-0.2, 0) is 4.84 Å². The predicted molar refractivity (Wildman–Crippen MR) is 54.6 cm³/mol. The average Bonchev–Trinajstić information content (AvgIpc) is 2.61. The summed E-state index contributed by atoms with van der Waals surface area (Å²) in [6, 6.07) is 3.97. The summed E-state index contributed by atoms with van der Waals surface area (Å²) in [5, 5.41) is 1.14. The van der Waals surface area contributed by atoms with Crippen LogP contribution in [-0.4, -0.2) is 16.6 Å². The zero-order chi connectivity index (χ0) is 9.97. The lowest BCUT2D eigenvalue weighted by atomic mass is 10.0. The van der Waals surface area contributed by atoms with Crippen molar-refractivity contribution in [3.05, 3.63) is 30.1 Å². The Hall–Kier alpha value is -1.39. The first kappa shape index (κ1) is 9.18. The van der Waals surface area contributed by atoms with Gasteiger partial charge >= 0.3 is 0 Å². The molecule has 0 aliphatic carbocycles. The average molecular weight is 191 g/mol. The van der Waals surface area contributed by atoms with Crippen molar-refractivity contribution in [2.24, 2.45) is 5.90 Å². The van der Waals surface area contributed by atoms with E-state index in [2.05, 4.69) is 21.7 Å². The van der Waals surface area contributed by atoms with Gasteiger partial charge in [0, 0.05) is 23.7 Å². The lowest BCUT2D eigenvalue weighted by molar-refractivity contribution is 0.127. The van der Waals surface area contributed by atoms with E-state index in [1.165, 1.54) is 5.56 Å². The zero-order valence-electron chi connectivity index (χ0n) is 8.03. The number of hydrogen-bond acceptors (Lipinski definition) is 3. The largest absolute Gasteiger partial charge is 0.346 e. The third-order valence-corrected chi connectivity index (χ3v) is 2.36. The fraction of sp³-hybridized carbons (Fsp3) is 0.300. The second-order valence-electron chi connectivity index (χ2n) is 3.38. The lowest BCUT2D eigenvalue weighted by Gasteiger charge is -2.07. The molecular formula is C10H13N3O. The summed E-state index contributed by atoms with van der Waals surface area (Å²) < 4.78 is 0. The van der Waals surface area contributed by atoms with Gasteiger partial charge in [-0.1, -0.05) is 6.92 Å². The first-order valence-electron chi connectivity index (χ1n) is 4.56. The number of rotatable bonds is 3. The molecule has 2 aromatic rings. The van der Waals surface area contributed by atoms with Crippen LogP contribution in [0.15, 0.2) is 24.5 Å². The molecule has 0 spiro atoms. The van der Waals surface area contributed by atoms with Gasteiger partial charge in [-0.05, 0) is 17.7 Å². The Bertz CT molecular complexity index is 424. The van der Waals surface area contributed by atoms with Crippen molar-refractivity contribution in [3.8, 4) is 0 Å². The maximum absolute atomic E-state index is 5.05. The molecule has 14 heavy (non-hydrogen) atoms. The number of aromatic amines is 1. The minimum absolute atomic E-state index is 0.276. The van der Waals surface area contributed by atoms with Gasteiger partial charge < -0.3 is 9.82 Å². The lowest BCUT2D eigenvalue weighted by Crippen LogP contribution is -2.07. The van der Waals surface area contributed by atoms with E-state index in [0.29, 0.717) is 6.61 Å². The highest BCUT2D eigenvalue weighted by Crippen LogP contribution is 2.23. The van der Waals surface area contributed by atoms with Crippen molar-refractivity contribution in [1.82, 2.24) is 9.97 Å². The number of nitrogens with two attached hydrogens (primary N) is 1. The third kappa shape index (κ3) is 1.49. The monoisotopic (exact) mass is 191 g/mol. The van der Waals surface area contributed by atoms with E-state index in [1.807, 2.05) is 18.3 Å². The summed E-state index contributed by atoms with van der Waals surface area (Å²) in [6.07, 6.45) is 3.73. The molecule has 0 amide bonds. The fourth-order valence-electron chi connectivity index (χ4n) is 1.62. The van der Waals surface area contributed by atoms with Crippen LogP contribution in [0, 0.1) is 0 Å². The summed E-state index contributed by atoms with van der Waals surface area (Å²) in [6.45, 7) is 2.59. The van der Waals surface area contributed by atoms with Crippen molar-refractivity contribution < 1.29 is 4.84 Å². The van der Waals surface area contributed by atoms with Gasteiger partial charge in [0.15, 0.2) is 0 Å². The number of H-pyrrole nitrogens is 1. The summed E-state index contributed by atoms with van der Waals surface area (Å²) in [7, 11) is 0. The summed E-state index contributed by atoms with van der Waals surface area (Å²) in [4.78, 5) is 12.0. The number of pyridine rings is 1. The van der Waals surface area contributed by atoms with Gasteiger partial charge in [0.1, 0.15) is 5.65 Å². The van der Waals surface area contributed by atoms with E-state index in [-0.39, 0.29) is 5.92 Å². The highest BCUT2D eigenvalue weighted by atomic mass is 16.6. The van der Waals surface area contributed by atoms with E-state index in [0.717, 1.165) is 11.0 Å². The molecule has 0 aromatic carbocycles. The highest BCUT2D eigenvalue weighted by molar-refractivity contribution is 5.80. The number of nitrogens with zero attached hydrogens (tertiary/aromatic N) is 1.